The molecule has 0 atom stereocenters. The van der Waals surface area contributed by atoms with Crippen LogP contribution >= 0.6 is 0 Å². The number of fused-ring (bicyclic) bond motifs is 1. The number of carbonyl (C=O) groups excluding carboxylic acids is 1. The molecule has 0 bridgehead atoms. The highest BCUT2D eigenvalue weighted by atomic mass is 19.1. The van der Waals surface area contributed by atoms with Gasteiger partial charge in [0.1, 0.15) is 17.5 Å². The fourth-order valence-electron chi connectivity index (χ4n) is 4.42. The summed E-state index contributed by atoms with van der Waals surface area (Å²) < 4.78 is 27.4. The highest BCUT2D eigenvalue weighted by molar-refractivity contribution is 6.07. The van der Waals surface area contributed by atoms with E-state index >= 15 is 0 Å². The van der Waals surface area contributed by atoms with E-state index in [9.17, 15) is 13.6 Å². The number of aromatic nitrogens is 2. The molecule has 1 amide bonds. The number of H-pyrrole nitrogens is 1. The monoisotopic (exact) mass is 426 g/mol. The molecule has 2 N–H and O–H groups in total. The van der Waals surface area contributed by atoms with Crippen LogP contribution < -0.4 is 10.2 Å². The van der Waals surface area contributed by atoms with Gasteiger partial charge in [0.15, 0.2) is 0 Å². The van der Waals surface area contributed by atoms with Gasteiger partial charge in [0.05, 0.1) is 28.0 Å². The van der Waals surface area contributed by atoms with E-state index in [1.165, 1.54) is 19.3 Å². The van der Waals surface area contributed by atoms with Gasteiger partial charge in [-0.05, 0) is 51.0 Å². The molecule has 1 aliphatic rings. The number of nitrogens with one attached hydrogen (secondary N) is 2. The first-order valence-electron chi connectivity index (χ1n) is 11.0. The lowest BCUT2D eigenvalue weighted by Gasteiger charge is -2.24. The van der Waals surface area contributed by atoms with E-state index in [4.69, 9.17) is 4.98 Å². The molecule has 0 aliphatic heterocycles. The third-order valence-corrected chi connectivity index (χ3v) is 6.14. The van der Waals surface area contributed by atoms with Crippen LogP contribution in [0.1, 0.15) is 68.1 Å². The SMILES string of the molecule is CCN(CC)c1cc2nc(C3CCCCC3)[nH]c2cc1NC(=O)c1ccc(F)cc1F. The molecule has 2 aromatic carbocycles. The topological polar surface area (TPSA) is 61.0 Å². The van der Waals surface area contributed by atoms with Crippen molar-refractivity contribution in [2.24, 2.45) is 0 Å². The molecule has 1 aromatic heterocycles. The number of rotatable bonds is 6. The molecular weight excluding hydrogens is 398 g/mol. The van der Waals surface area contributed by atoms with E-state index in [0.29, 0.717) is 11.6 Å². The zero-order chi connectivity index (χ0) is 22.0. The van der Waals surface area contributed by atoms with Crippen molar-refractivity contribution < 1.29 is 13.6 Å². The summed E-state index contributed by atoms with van der Waals surface area (Å²) in [6.07, 6.45) is 5.99. The molecule has 0 saturated heterocycles. The van der Waals surface area contributed by atoms with Gasteiger partial charge in [-0.1, -0.05) is 19.3 Å². The van der Waals surface area contributed by atoms with Gasteiger partial charge in [0, 0.05) is 25.1 Å². The molecule has 164 valence electrons. The molecule has 1 saturated carbocycles. The zero-order valence-corrected chi connectivity index (χ0v) is 18.0. The molecule has 0 unspecified atom stereocenters. The minimum absolute atomic E-state index is 0.195. The highest BCUT2D eigenvalue weighted by Crippen LogP contribution is 2.35. The van der Waals surface area contributed by atoms with Crippen molar-refractivity contribution in [3.8, 4) is 0 Å². The second-order valence-electron chi connectivity index (χ2n) is 8.09. The van der Waals surface area contributed by atoms with Crippen molar-refractivity contribution in [2.45, 2.75) is 51.9 Å². The molecule has 1 heterocycles. The largest absolute Gasteiger partial charge is 0.370 e. The number of anilines is 2. The average molecular weight is 427 g/mol. The van der Waals surface area contributed by atoms with Crippen LogP contribution in [0.5, 0.6) is 0 Å². The number of imidazole rings is 1. The number of aromatic amines is 1. The fraction of sp³-hybridized carbons (Fsp3) is 0.417. The Morgan fingerprint density at radius 2 is 1.87 bits per heavy atom. The lowest BCUT2D eigenvalue weighted by atomic mass is 9.89. The van der Waals surface area contributed by atoms with Gasteiger partial charge in [-0.25, -0.2) is 13.8 Å². The first-order chi connectivity index (χ1) is 15.0. The van der Waals surface area contributed by atoms with Crippen LogP contribution in [0.25, 0.3) is 11.0 Å². The third kappa shape index (κ3) is 4.40. The first-order valence-corrected chi connectivity index (χ1v) is 11.0. The zero-order valence-electron chi connectivity index (χ0n) is 18.0. The van der Waals surface area contributed by atoms with Crippen molar-refractivity contribution in [1.29, 1.82) is 0 Å². The number of amides is 1. The maximum atomic E-state index is 14.1. The van der Waals surface area contributed by atoms with Gasteiger partial charge in [-0.2, -0.15) is 0 Å². The molecule has 4 rings (SSSR count). The fourth-order valence-corrected chi connectivity index (χ4v) is 4.42. The molecule has 1 fully saturated rings. The van der Waals surface area contributed by atoms with Crippen molar-refractivity contribution >= 4 is 28.3 Å². The molecule has 7 heteroatoms. The van der Waals surface area contributed by atoms with Crippen molar-refractivity contribution in [1.82, 2.24) is 9.97 Å². The van der Waals surface area contributed by atoms with E-state index in [1.807, 2.05) is 26.0 Å². The van der Waals surface area contributed by atoms with E-state index in [2.05, 4.69) is 15.2 Å². The normalized spacial score (nSPS) is 14.7. The lowest BCUT2D eigenvalue weighted by molar-refractivity contribution is 0.102. The van der Waals surface area contributed by atoms with Gasteiger partial charge >= 0.3 is 0 Å². The van der Waals surface area contributed by atoms with E-state index < -0.39 is 17.5 Å². The van der Waals surface area contributed by atoms with E-state index in [-0.39, 0.29) is 5.56 Å². The molecule has 3 aromatic rings. The van der Waals surface area contributed by atoms with Crippen LogP contribution in [0, 0.1) is 11.6 Å². The van der Waals surface area contributed by atoms with E-state index in [1.54, 1.807) is 0 Å². The van der Waals surface area contributed by atoms with Gasteiger partial charge in [0.25, 0.3) is 5.91 Å². The van der Waals surface area contributed by atoms with Crippen molar-refractivity contribution in [3.05, 3.63) is 53.4 Å². The minimum Gasteiger partial charge on any atom is -0.370 e. The first kappa shape index (κ1) is 21.3. The maximum absolute atomic E-state index is 14.1. The van der Waals surface area contributed by atoms with Crippen molar-refractivity contribution in [3.63, 3.8) is 0 Å². The Hall–Kier alpha value is -2.96. The third-order valence-electron chi connectivity index (χ3n) is 6.14. The number of benzene rings is 2. The number of hydrogen-bond acceptors (Lipinski definition) is 3. The van der Waals surface area contributed by atoms with Gasteiger partial charge in [-0.3, -0.25) is 4.79 Å². The van der Waals surface area contributed by atoms with E-state index in [0.717, 1.165) is 66.7 Å². The average Bonchev–Trinajstić information content (AvgIpc) is 3.18. The molecular formula is C24H28F2N4O. The Labute approximate surface area is 180 Å². The quantitative estimate of drug-likeness (QED) is 0.509. The summed E-state index contributed by atoms with van der Waals surface area (Å²) in [5.41, 5.74) is 2.90. The Kier molecular flexibility index (Phi) is 6.20. The number of carbonyl (C=O) groups is 1. The second kappa shape index (κ2) is 9.04. The minimum atomic E-state index is -0.885. The smallest absolute Gasteiger partial charge is 0.258 e. The summed E-state index contributed by atoms with van der Waals surface area (Å²) in [5.74, 6) is -0.786. The Bertz CT molecular complexity index is 1080. The lowest BCUT2D eigenvalue weighted by Crippen LogP contribution is -2.24. The molecule has 1 aliphatic carbocycles. The predicted molar refractivity (Wildman–Crippen MR) is 120 cm³/mol. The standard InChI is InChI=1S/C24H28F2N4O/c1-3-30(4-2)22-14-20-19(27-23(28-20)15-8-6-5-7-9-15)13-21(22)29-24(31)17-11-10-16(25)12-18(17)26/h10-15H,3-9H2,1-2H3,(H,27,28)(H,29,31). The summed E-state index contributed by atoms with van der Waals surface area (Å²) >= 11 is 0. The summed E-state index contributed by atoms with van der Waals surface area (Å²) in [5, 5.41) is 2.83. The van der Waals surface area contributed by atoms with Crippen LogP contribution in [0.4, 0.5) is 20.2 Å². The highest BCUT2D eigenvalue weighted by Gasteiger charge is 2.21. The predicted octanol–water partition coefficient (Wildman–Crippen LogP) is 5.99. The molecule has 31 heavy (non-hydrogen) atoms. The summed E-state index contributed by atoms with van der Waals surface area (Å²) in [6.45, 7) is 5.57. The van der Waals surface area contributed by atoms with Gasteiger partial charge in [-0.15, -0.1) is 0 Å². The van der Waals surface area contributed by atoms with Gasteiger partial charge < -0.3 is 15.2 Å². The summed E-state index contributed by atoms with van der Waals surface area (Å²) in [4.78, 5) is 23.2. The van der Waals surface area contributed by atoms with Gasteiger partial charge in [0.2, 0.25) is 0 Å². The summed E-state index contributed by atoms with van der Waals surface area (Å²) in [7, 11) is 0. The Morgan fingerprint density at radius 1 is 1.13 bits per heavy atom. The van der Waals surface area contributed by atoms with Crippen LogP contribution in [0.2, 0.25) is 0 Å². The molecule has 0 spiro atoms. The number of halogens is 2. The molecule has 5 nitrogen and oxygen atoms in total. The van der Waals surface area contributed by atoms with Crippen LogP contribution in [-0.2, 0) is 0 Å². The molecule has 0 radical (unpaired) electrons. The Balaban J connectivity index is 1.72. The van der Waals surface area contributed by atoms with Crippen LogP contribution in [-0.4, -0.2) is 29.0 Å². The van der Waals surface area contributed by atoms with Crippen LogP contribution in [0.15, 0.2) is 30.3 Å². The number of nitrogens with zero attached hydrogens (tertiary/aromatic N) is 2. The summed E-state index contributed by atoms with van der Waals surface area (Å²) in [6, 6.07) is 6.79. The Morgan fingerprint density at radius 3 is 2.55 bits per heavy atom. The maximum Gasteiger partial charge on any atom is 0.258 e. The van der Waals surface area contributed by atoms with Crippen LogP contribution in [0.3, 0.4) is 0 Å². The second-order valence-corrected chi connectivity index (χ2v) is 8.09. The van der Waals surface area contributed by atoms with Crippen molar-refractivity contribution in [2.75, 3.05) is 23.3 Å². The number of hydrogen-bond donors (Lipinski definition) is 2.